The smallest absolute Gasteiger partial charge is 0.261 e. The summed E-state index contributed by atoms with van der Waals surface area (Å²) in [6.45, 7) is 1.28. The highest BCUT2D eigenvalue weighted by atomic mass is 16.2. The number of nitrogens with one attached hydrogen (secondary N) is 1. The number of pyridine rings is 1. The zero-order valence-electron chi connectivity index (χ0n) is 11.4. The van der Waals surface area contributed by atoms with E-state index in [1.165, 1.54) is 0 Å². The van der Waals surface area contributed by atoms with Crippen LogP contribution in [0.5, 0.6) is 0 Å². The van der Waals surface area contributed by atoms with Crippen molar-refractivity contribution in [2.45, 2.75) is 37.1 Å². The number of H-pyrrole nitrogens is 1. The molecule has 1 aliphatic heterocycles. The Kier molecular flexibility index (Phi) is 2.40. The van der Waals surface area contributed by atoms with Crippen molar-refractivity contribution in [2.24, 2.45) is 11.7 Å². The molecule has 2 atom stereocenters. The topological polar surface area (TPSA) is 79.2 Å². The third-order valence-electron chi connectivity index (χ3n) is 5.16. The fourth-order valence-corrected chi connectivity index (χ4v) is 3.50. The van der Waals surface area contributed by atoms with Crippen LogP contribution in [0.2, 0.25) is 0 Å². The van der Waals surface area contributed by atoms with Crippen molar-refractivity contribution in [2.75, 3.05) is 13.1 Å². The van der Waals surface area contributed by atoms with E-state index in [-0.39, 0.29) is 22.6 Å². The summed E-state index contributed by atoms with van der Waals surface area (Å²) in [5.41, 5.74) is 7.00. The maximum atomic E-state index is 12.5. The SMILES string of the molecule is N[C@]12CC[C@H]1CN(C(=O)c1ccc(C3CC3)[nH]c1=O)C2. The average Bonchev–Trinajstić information content (AvgIpc) is 3.22. The first-order valence-electron chi connectivity index (χ1n) is 7.38. The minimum Gasteiger partial charge on any atom is -0.336 e. The number of aromatic amines is 1. The quantitative estimate of drug-likeness (QED) is 0.837. The van der Waals surface area contributed by atoms with Gasteiger partial charge in [0.05, 0.1) is 0 Å². The van der Waals surface area contributed by atoms with Crippen LogP contribution in [0.25, 0.3) is 0 Å². The second-order valence-corrected chi connectivity index (χ2v) is 6.59. The first kappa shape index (κ1) is 12.1. The number of amides is 1. The first-order valence-corrected chi connectivity index (χ1v) is 7.38. The number of nitrogens with zero attached hydrogens (tertiary/aromatic N) is 1. The second kappa shape index (κ2) is 3.95. The number of carbonyl (C=O) groups is 1. The summed E-state index contributed by atoms with van der Waals surface area (Å²) in [5.74, 6) is 0.728. The predicted octanol–water partition coefficient (Wildman–Crippen LogP) is 0.816. The molecule has 2 saturated carbocycles. The highest BCUT2D eigenvalue weighted by Gasteiger charge is 2.51. The molecule has 3 aliphatic rings. The molecule has 3 N–H and O–H groups in total. The van der Waals surface area contributed by atoms with Crippen LogP contribution in [-0.2, 0) is 0 Å². The average molecular weight is 273 g/mol. The van der Waals surface area contributed by atoms with Gasteiger partial charge in [0.25, 0.3) is 11.5 Å². The summed E-state index contributed by atoms with van der Waals surface area (Å²) >= 11 is 0. The second-order valence-electron chi connectivity index (χ2n) is 6.59. The Morgan fingerprint density at radius 3 is 2.65 bits per heavy atom. The molecule has 1 amide bonds. The van der Waals surface area contributed by atoms with E-state index in [1.807, 2.05) is 6.07 Å². The van der Waals surface area contributed by atoms with Crippen molar-refractivity contribution in [3.8, 4) is 0 Å². The summed E-state index contributed by atoms with van der Waals surface area (Å²) in [6.07, 6.45) is 4.34. The molecule has 106 valence electrons. The van der Waals surface area contributed by atoms with Crippen LogP contribution in [0.1, 0.15) is 47.7 Å². The molecular formula is C15H19N3O2. The van der Waals surface area contributed by atoms with E-state index in [0.29, 0.717) is 24.9 Å². The molecule has 1 aromatic rings. The number of aromatic nitrogens is 1. The number of carbonyl (C=O) groups excluding carboxylic acids is 1. The number of nitrogens with two attached hydrogens (primary N) is 1. The lowest BCUT2D eigenvalue weighted by atomic mass is 9.70. The normalized spacial score (nSPS) is 31.9. The Morgan fingerprint density at radius 1 is 1.35 bits per heavy atom. The van der Waals surface area contributed by atoms with E-state index in [4.69, 9.17) is 5.73 Å². The molecular weight excluding hydrogens is 254 g/mol. The molecule has 2 aliphatic carbocycles. The van der Waals surface area contributed by atoms with Gasteiger partial charge < -0.3 is 15.6 Å². The van der Waals surface area contributed by atoms with Crippen LogP contribution in [0, 0.1) is 5.92 Å². The van der Waals surface area contributed by atoms with E-state index >= 15 is 0 Å². The third kappa shape index (κ3) is 1.73. The maximum Gasteiger partial charge on any atom is 0.261 e. The van der Waals surface area contributed by atoms with Gasteiger partial charge in [-0.2, -0.15) is 0 Å². The number of hydrogen-bond donors (Lipinski definition) is 2. The molecule has 0 unspecified atom stereocenters. The zero-order chi connectivity index (χ0) is 13.9. The minimum absolute atomic E-state index is 0.173. The Hall–Kier alpha value is -1.62. The van der Waals surface area contributed by atoms with Gasteiger partial charge in [0, 0.05) is 24.3 Å². The number of rotatable bonds is 2. The van der Waals surface area contributed by atoms with Gasteiger partial charge in [-0.1, -0.05) is 0 Å². The zero-order valence-corrected chi connectivity index (χ0v) is 11.4. The van der Waals surface area contributed by atoms with Crippen LogP contribution >= 0.6 is 0 Å². The lowest BCUT2D eigenvalue weighted by Gasteiger charge is -2.39. The van der Waals surface area contributed by atoms with Crippen molar-refractivity contribution in [1.29, 1.82) is 0 Å². The highest BCUT2D eigenvalue weighted by Crippen LogP contribution is 2.42. The van der Waals surface area contributed by atoms with Gasteiger partial charge in [0.1, 0.15) is 5.56 Å². The van der Waals surface area contributed by atoms with Gasteiger partial charge in [0.2, 0.25) is 0 Å². The summed E-state index contributed by atoms with van der Waals surface area (Å²) in [5, 5.41) is 0. The van der Waals surface area contributed by atoms with Gasteiger partial charge in [-0.25, -0.2) is 0 Å². The van der Waals surface area contributed by atoms with Crippen molar-refractivity contribution in [3.63, 3.8) is 0 Å². The molecule has 4 rings (SSSR count). The summed E-state index contributed by atoms with van der Waals surface area (Å²) in [7, 11) is 0. The van der Waals surface area contributed by atoms with Crippen molar-refractivity contribution in [3.05, 3.63) is 33.7 Å². The van der Waals surface area contributed by atoms with Gasteiger partial charge >= 0.3 is 0 Å². The van der Waals surface area contributed by atoms with Crippen molar-refractivity contribution >= 4 is 5.91 Å². The van der Waals surface area contributed by atoms with E-state index in [0.717, 1.165) is 31.4 Å². The van der Waals surface area contributed by atoms with Crippen molar-refractivity contribution < 1.29 is 4.79 Å². The maximum absolute atomic E-state index is 12.5. The van der Waals surface area contributed by atoms with Crippen LogP contribution in [0.3, 0.4) is 0 Å². The molecule has 5 heteroatoms. The fraction of sp³-hybridized carbons (Fsp3) is 0.600. The van der Waals surface area contributed by atoms with E-state index in [1.54, 1.807) is 11.0 Å². The lowest BCUT2D eigenvalue weighted by Crippen LogP contribution is -2.54. The number of fused-ring (bicyclic) bond motifs is 1. The van der Waals surface area contributed by atoms with Crippen LogP contribution in [0.15, 0.2) is 16.9 Å². The molecule has 0 bridgehead atoms. The standard InChI is InChI=1S/C15H19N3O2/c16-15-6-5-10(15)7-18(8-15)14(20)11-3-4-12(9-1-2-9)17-13(11)19/h3-4,9-10H,1-2,5-8,16H2,(H,17,19)/t10-,15-/m0/s1. The molecule has 20 heavy (non-hydrogen) atoms. The minimum atomic E-state index is -0.260. The summed E-state index contributed by atoms with van der Waals surface area (Å²) in [4.78, 5) is 29.2. The summed E-state index contributed by atoms with van der Waals surface area (Å²) < 4.78 is 0. The van der Waals surface area contributed by atoms with Crippen LogP contribution in [0.4, 0.5) is 0 Å². The first-order chi connectivity index (χ1) is 9.57. The van der Waals surface area contributed by atoms with E-state index in [2.05, 4.69) is 4.98 Å². The Balaban J connectivity index is 1.58. The Morgan fingerprint density at radius 2 is 2.15 bits per heavy atom. The Bertz CT molecular complexity index is 634. The lowest BCUT2D eigenvalue weighted by molar-refractivity contribution is 0.0783. The molecule has 1 aromatic heterocycles. The van der Waals surface area contributed by atoms with Gasteiger partial charge in [-0.05, 0) is 49.7 Å². The van der Waals surface area contributed by atoms with Crippen molar-refractivity contribution in [1.82, 2.24) is 9.88 Å². The van der Waals surface area contributed by atoms with Gasteiger partial charge in [0.15, 0.2) is 0 Å². The monoisotopic (exact) mass is 273 g/mol. The largest absolute Gasteiger partial charge is 0.336 e. The molecule has 0 spiro atoms. The molecule has 0 radical (unpaired) electrons. The molecule has 2 heterocycles. The van der Waals surface area contributed by atoms with E-state index < -0.39 is 0 Å². The van der Waals surface area contributed by atoms with Gasteiger partial charge in [-0.15, -0.1) is 0 Å². The molecule has 0 aromatic carbocycles. The van der Waals surface area contributed by atoms with Gasteiger partial charge in [-0.3, -0.25) is 9.59 Å². The van der Waals surface area contributed by atoms with E-state index in [9.17, 15) is 9.59 Å². The van der Waals surface area contributed by atoms with Crippen LogP contribution in [-0.4, -0.2) is 34.4 Å². The molecule has 3 fully saturated rings. The van der Waals surface area contributed by atoms with Crippen LogP contribution < -0.4 is 11.3 Å². The predicted molar refractivity (Wildman–Crippen MR) is 74.6 cm³/mol. The number of hydrogen-bond acceptors (Lipinski definition) is 3. The highest BCUT2D eigenvalue weighted by molar-refractivity contribution is 5.94. The Labute approximate surface area is 117 Å². The number of likely N-dealkylation sites (tertiary alicyclic amines) is 1. The molecule has 5 nitrogen and oxygen atoms in total. The fourth-order valence-electron chi connectivity index (χ4n) is 3.50. The summed E-state index contributed by atoms with van der Waals surface area (Å²) in [6, 6.07) is 3.56. The third-order valence-corrected chi connectivity index (χ3v) is 5.16. The molecule has 1 saturated heterocycles.